The number of ether oxygens (including phenoxy) is 3. The summed E-state index contributed by atoms with van der Waals surface area (Å²) in [5.74, 6) is -2.41. The van der Waals surface area contributed by atoms with E-state index in [1.54, 1.807) is 0 Å². The van der Waals surface area contributed by atoms with Crippen LogP contribution in [0.4, 0.5) is 18.9 Å². The minimum atomic E-state index is -4.71. The Morgan fingerprint density at radius 2 is 1.85 bits per heavy atom. The number of methoxy groups -OCH3 is 2. The van der Waals surface area contributed by atoms with E-state index in [9.17, 15) is 32.7 Å². The summed E-state index contributed by atoms with van der Waals surface area (Å²) in [7, 11) is 2.26. The molecule has 2 N–H and O–H groups in total. The first kappa shape index (κ1) is 25.1. The van der Waals surface area contributed by atoms with Gasteiger partial charge in [-0.05, 0) is 29.6 Å². The molecule has 0 atom stereocenters. The van der Waals surface area contributed by atoms with Crippen LogP contribution in [0.1, 0.15) is 15.2 Å². The highest BCUT2D eigenvalue weighted by Gasteiger charge is 2.36. The quantitative estimate of drug-likeness (QED) is 0.532. The van der Waals surface area contributed by atoms with Gasteiger partial charge in [-0.3, -0.25) is 4.79 Å². The van der Waals surface area contributed by atoms with E-state index in [-0.39, 0.29) is 53.0 Å². The van der Waals surface area contributed by atoms with E-state index in [0.29, 0.717) is 6.07 Å². The molecule has 0 aliphatic carbocycles. The zero-order valence-corrected chi connectivity index (χ0v) is 18.7. The Kier molecular flexibility index (Phi) is 7.47. The Morgan fingerprint density at radius 3 is 2.47 bits per heavy atom. The lowest BCUT2D eigenvalue weighted by atomic mass is 10.1. The number of alkyl halides is 3. The zero-order chi connectivity index (χ0) is 25.0. The largest absolute Gasteiger partial charge is 0.466 e. The van der Waals surface area contributed by atoms with Gasteiger partial charge in [0.15, 0.2) is 16.4 Å². The van der Waals surface area contributed by atoms with Crippen molar-refractivity contribution in [1.29, 1.82) is 0 Å². The number of hydrogen-bond acceptors (Lipinski definition) is 9. The van der Waals surface area contributed by atoms with Crippen LogP contribution in [0.2, 0.25) is 0 Å². The molecule has 1 amide bonds. The number of carbonyl (C=O) groups is 3. The second kappa shape index (κ2) is 10.1. The summed E-state index contributed by atoms with van der Waals surface area (Å²) in [6, 6.07) is 3.94. The Hall–Kier alpha value is -3.58. The van der Waals surface area contributed by atoms with Gasteiger partial charge in [0, 0.05) is 6.54 Å². The molecule has 0 unspecified atom stereocenters. The maximum atomic E-state index is 13.4. The van der Waals surface area contributed by atoms with Crippen molar-refractivity contribution in [3.05, 3.63) is 51.4 Å². The molecule has 2 aromatic rings. The summed E-state index contributed by atoms with van der Waals surface area (Å²) in [4.78, 5) is 38.1. The average Bonchev–Trinajstić information content (AvgIpc) is 3.38. The highest BCUT2D eigenvalue weighted by molar-refractivity contribution is 7.12. The first-order valence-electron chi connectivity index (χ1n) is 9.64. The normalized spacial score (nSPS) is 13.8. The minimum absolute atomic E-state index is 0.0292. The van der Waals surface area contributed by atoms with E-state index in [1.807, 2.05) is 0 Å². The molecule has 1 aliphatic heterocycles. The van der Waals surface area contributed by atoms with Gasteiger partial charge in [0.2, 0.25) is 0 Å². The van der Waals surface area contributed by atoms with E-state index < -0.39 is 29.6 Å². The molecule has 0 saturated carbocycles. The molecule has 1 aliphatic rings. The number of thiophene rings is 1. The Labute approximate surface area is 195 Å². The third-order valence-electron chi connectivity index (χ3n) is 4.74. The van der Waals surface area contributed by atoms with Crippen LogP contribution in [0.15, 0.2) is 40.9 Å². The van der Waals surface area contributed by atoms with Gasteiger partial charge < -0.3 is 29.5 Å². The van der Waals surface area contributed by atoms with Crippen LogP contribution < -0.4 is 10.1 Å². The third kappa shape index (κ3) is 5.15. The number of nitrogens with zero attached hydrogens (tertiary/aromatic N) is 1. The second-order valence-corrected chi connectivity index (χ2v) is 7.75. The number of halogens is 3. The maximum Gasteiger partial charge on any atom is 0.416 e. The molecule has 0 radical (unpaired) electrons. The number of esters is 2. The first-order valence-corrected chi connectivity index (χ1v) is 10.5. The fourth-order valence-corrected chi connectivity index (χ4v) is 3.85. The van der Waals surface area contributed by atoms with E-state index in [4.69, 9.17) is 4.74 Å². The van der Waals surface area contributed by atoms with Crippen LogP contribution in [0.3, 0.4) is 0 Å². The van der Waals surface area contributed by atoms with E-state index in [0.717, 1.165) is 35.5 Å². The van der Waals surface area contributed by atoms with Crippen LogP contribution in [0.25, 0.3) is 0 Å². The van der Waals surface area contributed by atoms with Crippen LogP contribution >= 0.6 is 11.3 Å². The Bertz CT molecular complexity index is 1140. The molecule has 0 fully saturated rings. The van der Waals surface area contributed by atoms with Crippen molar-refractivity contribution in [2.75, 3.05) is 39.2 Å². The van der Waals surface area contributed by atoms with Crippen LogP contribution in [-0.4, -0.2) is 61.8 Å². The fourth-order valence-electron chi connectivity index (χ4n) is 3.11. The van der Waals surface area contributed by atoms with Crippen molar-refractivity contribution in [3.8, 4) is 11.5 Å². The SMILES string of the molecule is COC(=O)C1=C(Nc2cc(C(F)(F)F)ccc2Oc2ccsc2C(=O)OC)C(=O)N(CCO)C1. The van der Waals surface area contributed by atoms with Gasteiger partial charge in [0.25, 0.3) is 5.91 Å². The van der Waals surface area contributed by atoms with Crippen molar-refractivity contribution >= 4 is 34.9 Å². The topological polar surface area (TPSA) is 114 Å². The molecule has 2 heterocycles. The summed E-state index contributed by atoms with van der Waals surface area (Å²) < 4.78 is 55.2. The molecule has 13 heteroatoms. The lowest BCUT2D eigenvalue weighted by molar-refractivity contribution is -0.138. The van der Waals surface area contributed by atoms with Gasteiger partial charge in [-0.2, -0.15) is 13.2 Å². The van der Waals surface area contributed by atoms with Gasteiger partial charge in [0.05, 0.1) is 44.2 Å². The summed E-state index contributed by atoms with van der Waals surface area (Å²) in [6.07, 6.45) is -4.71. The number of nitrogens with one attached hydrogen (secondary N) is 1. The number of hydrogen-bond donors (Lipinski definition) is 2. The van der Waals surface area contributed by atoms with E-state index in [2.05, 4.69) is 14.8 Å². The standard InChI is InChI=1S/C21H19F3N2O7S/c1-31-19(29)12-10-26(6-7-27)18(28)16(12)25-13-9-11(21(22,23)24)3-4-14(13)33-15-5-8-34-17(15)20(30)32-2/h3-5,8-9,25,27H,6-7,10H2,1-2H3. The third-order valence-corrected chi connectivity index (χ3v) is 5.62. The molecule has 1 aromatic heterocycles. The van der Waals surface area contributed by atoms with Crippen molar-refractivity contribution in [3.63, 3.8) is 0 Å². The molecule has 34 heavy (non-hydrogen) atoms. The lowest BCUT2D eigenvalue weighted by Crippen LogP contribution is -2.31. The molecular weight excluding hydrogens is 481 g/mol. The second-order valence-electron chi connectivity index (χ2n) is 6.84. The molecule has 182 valence electrons. The Morgan fingerprint density at radius 1 is 1.15 bits per heavy atom. The molecule has 3 rings (SSSR count). The molecule has 0 spiro atoms. The maximum absolute atomic E-state index is 13.4. The van der Waals surface area contributed by atoms with Crippen LogP contribution in [0.5, 0.6) is 11.5 Å². The number of amides is 1. The fraction of sp³-hybridized carbons (Fsp3) is 0.286. The van der Waals surface area contributed by atoms with Crippen LogP contribution in [-0.2, 0) is 25.2 Å². The van der Waals surface area contributed by atoms with Gasteiger partial charge in [-0.25, -0.2) is 9.59 Å². The Balaban J connectivity index is 2.06. The van der Waals surface area contributed by atoms with Crippen LogP contribution in [0, 0.1) is 0 Å². The highest BCUT2D eigenvalue weighted by Crippen LogP contribution is 2.40. The molecule has 0 saturated heterocycles. The first-order chi connectivity index (χ1) is 16.1. The van der Waals surface area contributed by atoms with E-state index >= 15 is 0 Å². The van der Waals surface area contributed by atoms with Crippen molar-refractivity contribution in [1.82, 2.24) is 4.90 Å². The number of anilines is 1. The highest BCUT2D eigenvalue weighted by atomic mass is 32.1. The zero-order valence-electron chi connectivity index (χ0n) is 17.9. The molecule has 0 bridgehead atoms. The predicted molar refractivity (Wildman–Crippen MR) is 114 cm³/mol. The number of rotatable bonds is 8. The van der Waals surface area contributed by atoms with E-state index in [1.165, 1.54) is 18.6 Å². The number of aliphatic hydroxyl groups is 1. The summed E-state index contributed by atoms with van der Waals surface area (Å²) >= 11 is 1.01. The molecular formula is C21H19F3N2O7S. The van der Waals surface area contributed by atoms with Gasteiger partial charge in [-0.1, -0.05) is 0 Å². The number of aliphatic hydroxyl groups excluding tert-OH is 1. The van der Waals surface area contributed by atoms with Gasteiger partial charge >= 0.3 is 18.1 Å². The summed E-state index contributed by atoms with van der Waals surface area (Å²) in [6.45, 7) is -0.700. The van der Waals surface area contributed by atoms with Crippen molar-refractivity contribution in [2.45, 2.75) is 6.18 Å². The predicted octanol–water partition coefficient (Wildman–Crippen LogP) is 3.02. The average molecular weight is 500 g/mol. The monoisotopic (exact) mass is 500 g/mol. The minimum Gasteiger partial charge on any atom is -0.466 e. The molecule has 1 aromatic carbocycles. The lowest BCUT2D eigenvalue weighted by Gasteiger charge is -2.18. The van der Waals surface area contributed by atoms with Gasteiger partial charge in [-0.15, -0.1) is 11.3 Å². The van der Waals surface area contributed by atoms with Crippen molar-refractivity contribution < 1.29 is 46.9 Å². The molecule has 9 nitrogen and oxygen atoms in total. The number of benzene rings is 1. The number of β-amino-alcohol motifs (C(OH)–C–C–N with tert-alkyl or cyclic N) is 1. The van der Waals surface area contributed by atoms with Gasteiger partial charge in [0.1, 0.15) is 5.70 Å². The summed E-state index contributed by atoms with van der Waals surface area (Å²) in [5, 5.41) is 13.3. The van der Waals surface area contributed by atoms with Crippen molar-refractivity contribution in [2.24, 2.45) is 0 Å². The smallest absolute Gasteiger partial charge is 0.416 e. The number of carbonyl (C=O) groups excluding carboxylic acids is 3. The summed E-state index contributed by atoms with van der Waals surface area (Å²) in [5.41, 5.74) is -1.77.